The van der Waals surface area contributed by atoms with Crippen molar-refractivity contribution in [1.82, 2.24) is 0 Å². The average Bonchev–Trinajstić information content (AvgIpc) is 1.94. The maximum absolute atomic E-state index is 11.0. The van der Waals surface area contributed by atoms with Gasteiger partial charge in [0.25, 0.3) is 0 Å². The number of benzene rings is 1. The number of anilines is 1. The number of hydrogen-bond acceptors (Lipinski definition) is 2. The molecule has 0 saturated heterocycles. The van der Waals surface area contributed by atoms with Crippen molar-refractivity contribution in [3.8, 4) is 0 Å². The summed E-state index contributed by atoms with van der Waals surface area (Å²) in [5.74, 6) is 0. The van der Waals surface area contributed by atoms with Crippen LogP contribution in [-0.2, 0) is 10.8 Å². The molecule has 2 N–H and O–H groups in total. The minimum absolute atomic E-state index is 0.749. The zero-order valence-electron chi connectivity index (χ0n) is 6.63. The van der Waals surface area contributed by atoms with Crippen molar-refractivity contribution in [3.63, 3.8) is 0 Å². The Labute approximate surface area is 68.9 Å². The number of hydrogen-bond donors (Lipinski definition) is 1. The minimum Gasteiger partial charge on any atom is -0.399 e. The zero-order chi connectivity index (χ0) is 8.43. The van der Waals surface area contributed by atoms with Crippen LogP contribution in [0.5, 0.6) is 0 Å². The van der Waals surface area contributed by atoms with Gasteiger partial charge in [0, 0.05) is 27.6 Å². The molecule has 1 aromatic rings. The minimum atomic E-state index is -0.903. The molecule has 0 aromatic heterocycles. The summed E-state index contributed by atoms with van der Waals surface area (Å²) < 4.78 is 11.0. The Balaban J connectivity index is 3.15. The van der Waals surface area contributed by atoms with Crippen molar-refractivity contribution in [2.45, 2.75) is 11.8 Å². The molecule has 0 heterocycles. The van der Waals surface area contributed by atoms with Crippen LogP contribution in [0.3, 0.4) is 0 Å². The number of nitrogen functional groups attached to an aromatic ring is 1. The Kier molecular flexibility index (Phi) is 2.29. The molecule has 0 fully saturated rings. The predicted molar refractivity (Wildman–Crippen MR) is 47.9 cm³/mol. The molecule has 2 nitrogen and oxygen atoms in total. The first-order chi connectivity index (χ1) is 5.11. The lowest BCUT2D eigenvalue weighted by Gasteiger charge is -2.00. The highest BCUT2D eigenvalue weighted by atomic mass is 32.2. The van der Waals surface area contributed by atoms with Gasteiger partial charge >= 0.3 is 0 Å². The topological polar surface area (TPSA) is 43.1 Å². The van der Waals surface area contributed by atoms with Crippen LogP contribution in [0.2, 0.25) is 0 Å². The van der Waals surface area contributed by atoms with Crippen molar-refractivity contribution < 1.29 is 4.21 Å². The largest absolute Gasteiger partial charge is 0.399 e. The van der Waals surface area contributed by atoms with E-state index in [0.29, 0.717) is 0 Å². The maximum Gasteiger partial charge on any atom is 0.0498 e. The first-order valence-electron chi connectivity index (χ1n) is 3.31. The third-order valence-corrected chi connectivity index (χ3v) is 2.49. The van der Waals surface area contributed by atoms with Crippen LogP contribution in [0, 0.1) is 6.92 Å². The summed E-state index contributed by atoms with van der Waals surface area (Å²) in [6.45, 7) is 1.91. The normalized spacial score (nSPS) is 12.9. The van der Waals surface area contributed by atoms with Gasteiger partial charge in [-0.15, -0.1) is 0 Å². The van der Waals surface area contributed by atoms with E-state index in [1.165, 1.54) is 0 Å². The molecule has 1 atom stereocenters. The highest BCUT2D eigenvalue weighted by Crippen LogP contribution is 2.14. The van der Waals surface area contributed by atoms with E-state index in [4.69, 9.17) is 5.73 Å². The Morgan fingerprint density at radius 1 is 1.45 bits per heavy atom. The molecule has 0 saturated carbocycles. The van der Waals surface area contributed by atoms with Gasteiger partial charge in [0.15, 0.2) is 0 Å². The predicted octanol–water partition coefficient (Wildman–Crippen LogP) is 1.31. The molecule has 1 unspecified atom stereocenters. The third-order valence-electron chi connectivity index (χ3n) is 1.57. The molecule has 0 aliphatic heterocycles. The van der Waals surface area contributed by atoms with Crippen LogP contribution in [0.4, 0.5) is 5.69 Å². The molecular formula is C8H11NOS. The molecule has 0 bridgehead atoms. The molecular weight excluding hydrogens is 158 g/mol. The van der Waals surface area contributed by atoms with Gasteiger partial charge in [-0.25, -0.2) is 0 Å². The molecule has 3 heteroatoms. The van der Waals surface area contributed by atoms with E-state index in [-0.39, 0.29) is 0 Å². The van der Waals surface area contributed by atoms with Crippen LogP contribution in [-0.4, -0.2) is 10.5 Å². The summed E-state index contributed by atoms with van der Waals surface area (Å²) in [5.41, 5.74) is 7.32. The Morgan fingerprint density at radius 2 is 2.09 bits per heavy atom. The van der Waals surface area contributed by atoms with E-state index in [9.17, 15) is 4.21 Å². The lowest BCUT2D eigenvalue weighted by atomic mass is 10.2. The fourth-order valence-corrected chi connectivity index (χ4v) is 1.43. The monoisotopic (exact) mass is 169 g/mol. The Bertz CT molecular complexity index is 296. The van der Waals surface area contributed by atoms with Gasteiger partial charge in [-0.2, -0.15) is 0 Å². The lowest BCUT2D eigenvalue weighted by Crippen LogP contribution is -1.92. The molecule has 60 valence electrons. The van der Waals surface area contributed by atoms with Crippen LogP contribution in [0.15, 0.2) is 23.1 Å². The number of aryl methyl sites for hydroxylation is 1. The molecule has 0 radical (unpaired) electrons. The molecule has 0 aliphatic carbocycles. The van der Waals surface area contributed by atoms with Gasteiger partial charge in [0.1, 0.15) is 0 Å². The second kappa shape index (κ2) is 3.05. The third kappa shape index (κ3) is 1.80. The fourth-order valence-electron chi connectivity index (χ4n) is 0.827. The van der Waals surface area contributed by atoms with Gasteiger partial charge in [0.05, 0.1) is 0 Å². The van der Waals surface area contributed by atoms with Gasteiger partial charge < -0.3 is 5.73 Å². The summed E-state index contributed by atoms with van der Waals surface area (Å²) in [5, 5.41) is 0. The second-order valence-corrected chi connectivity index (χ2v) is 3.85. The van der Waals surface area contributed by atoms with Crippen LogP contribution in [0.25, 0.3) is 0 Å². The van der Waals surface area contributed by atoms with Crippen LogP contribution >= 0.6 is 0 Å². The van der Waals surface area contributed by atoms with Crippen molar-refractivity contribution in [1.29, 1.82) is 0 Å². The van der Waals surface area contributed by atoms with Gasteiger partial charge in [-0.1, -0.05) is 0 Å². The SMILES string of the molecule is Cc1cc(S(C)=O)ccc1N. The van der Waals surface area contributed by atoms with E-state index in [0.717, 1.165) is 16.1 Å². The Hall–Kier alpha value is -0.830. The first-order valence-corrected chi connectivity index (χ1v) is 4.86. The average molecular weight is 169 g/mol. The molecule has 1 aromatic carbocycles. The van der Waals surface area contributed by atoms with Gasteiger partial charge in [-0.05, 0) is 30.7 Å². The smallest absolute Gasteiger partial charge is 0.0498 e. The Morgan fingerprint density at radius 3 is 2.55 bits per heavy atom. The summed E-state index contributed by atoms with van der Waals surface area (Å²) in [4.78, 5) is 0.830. The van der Waals surface area contributed by atoms with Crippen molar-refractivity contribution >= 4 is 16.5 Å². The zero-order valence-corrected chi connectivity index (χ0v) is 7.44. The highest BCUT2D eigenvalue weighted by molar-refractivity contribution is 7.84. The summed E-state index contributed by atoms with van der Waals surface area (Å²) in [6.07, 6.45) is 1.66. The molecule has 0 aliphatic rings. The van der Waals surface area contributed by atoms with Crippen molar-refractivity contribution in [3.05, 3.63) is 23.8 Å². The van der Waals surface area contributed by atoms with E-state index < -0.39 is 10.8 Å². The number of nitrogens with two attached hydrogens (primary N) is 1. The quantitative estimate of drug-likeness (QED) is 0.644. The lowest BCUT2D eigenvalue weighted by molar-refractivity contribution is 0.687. The van der Waals surface area contributed by atoms with E-state index in [1.807, 2.05) is 13.0 Å². The van der Waals surface area contributed by atoms with E-state index in [1.54, 1.807) is 18.4 Å². The standard InChI is InChI=1S/C8H11NOS/c1-6-5-7(11(2)10)3-4-8(6)9/h3-5H,9H2,1-2H3. The van der Waals surface area contributed by atoms with Gasteiger partial charge in [-0.3, -0.25) is 4.21 Å². The van der Waals surface area contributed by atoms with Crippen molar-refractivity contribution in [2.75, 3.05) is 12.0 Å². The first kappa shape index (κ1) is 8.27. The molecule has 0 spiro atoms. The van der Waals surface area contributed by atoms with Gasteiger partial charge in [0.2, 0.25) is 0 Å². The fraction of sp³-hybridized carbons (Fsp3) is 0.250. The van der Waals surface area contributed by atoms with E-state index >= 15 is 0 Å². The van der Waals surface area contributed by atoms with Crippen LogP contribution < -0.4 is 5.73 Å². The number of rotatable bonds is 1. The summed E-state index contributed by atoms with van der Waals surface area (Å²) >= 11 is 0. The second-order valence-electron chi connectivity index (χ2n) is 2.47. The molecule has 1 rings (SSSR count). The summed E-state index contributed by atoms with van der Waals surface area (Å²) in [6, 6.07) is 5.43. The van der Waals surface area contributed by atoms with Crippen molar-refractivity contribution in [2.24, 2.45) is 0 Å². The maximum atomic E-state index is 11.0. The molecule has 0 amide bonds. The highest BCUT2D eigenvalue weighted by Gasteiger charge is 1.98. The van der Waals surface area contributed by atoms with Crippen LogP contribution in [0.1, 0.15) is 5.56 Å². The van der Waals surface area contributed by atoms with E-state index in [2.05, 4.69) is 0 Å². The summed E-state index contributed by atoms with van der Waals surface area (Å²) in [7, 11) is -0.903. The molecule has 11 heavy (non-hydrogen) atoms.